The van der Waals surface area contributed by atoms with E-state index < -0.39 is 5.24 Å². The van der Waals surface area contributed by atoms with Crippen LogP contribution in [0.2, 0.25) is 10.0 Å². The number of hydrogen-bond donors (Lipinski definition) is 0. The molecule has 0 aromatic heterocycles. The van der Waals surface area contributed by atoms with Gasteiger partial charge in [0.05, 0.1) is 15.6 Å². The van der Waals surface area contributed by atoms with Crippen LogP contribution in [0.5, 0.6) is 0 Å². The number of carbonyl (C=O) groups is 1. The van der Waals surface area contributed by atoms with E-state index >= 15 is 0 Å². The van der Waals surface area contributed by atoms with Crippen molar-refractivity contribution in [3.8, 4) is 0 Å². The van der Waals surface area contributed by atoms with Crippen molar-refractivity contribution >= 4 is 40.0 Å². The summed E-state index contributed by atoms with van der Waals surface area (Å²) in [6.45, 7) is 1.72. The number of benzene rings is 1. The molecule has 0 saturated heterocycles. The molecule has 1 heterocycles. The summed E-state index contributed by atoms with van der Waals surface area (Å²) in [4.78, 5) is 13.4. The van der Waals surface area contributed by atoms with E-state index in [1.807, 2.05) is 7.05 Å². The van der Waals surface area contributed by atoms with E-state index in [9.17, 15) is 4.79 Å². The Kier molecular flexibility index (Phi) is 3.45. The number of carbonyl (C=O) groups excluding carboxylic acids is 1. The van der Waals surface area contributed by atoms with Gasteiger partial charge < -0.3 is 4.90 Å². The van der Waals surface area contributed by atoms with E-state index in [4.69, 9.17) is 34.8 Å². The van der Waals surface area contributed by atoms with Crippen molar-refractivity contribution in [1.82, 2.24) is 4.90 Å². The SMILES string of the molecule is CN1CCc2c(cc(Cl)c(C(=O)Cl)c2Cl)C1. The van der Waals surface area contributed by atoms with Crippen molar-refractivity contribution < 1.29 is 4.79 Å². The van der Waals surface area contributed by atoms with Gasteiger partial charge in [0.15, 0.2) is 0 Å². The molecule has 0 aliphatic carbocycles. The van der Waals surface area contributed by atoms with Gasteiger partial charge in [0.25, 0.3) is 5.24 Å². The third-order valence-electron chi connectivity index (χ3n) is 2.79. The van der Waals surface area contributed by atoms with Crippen LogP contribution in [0.4, 0.5) is 0 Å². The molecule has 0 unspecified atom stereocenters. The van der Waals surface area contributed by atoms with Gasteiger partial charge in [-0.05, 0) is 42.3 Å². The molecule has 1 aliphatic heterocycles. The lowest BCUT2D eigenvalue weighted by Crippen LogP contribution is -2.27. The molecule has 0 atom stereocenters. The number of hydrogen-bond acceptors (Lipinski definition) is 2. The van der Waals surface area contributed by atoms with Crippen molar-refractivity contribution in [1.29, 1.82) is 0 Å². The van der Waals surface area contributed by atoms with Gasteiger partial charge in [-0.25, -0.2) is 0 Å². The molecule has 0 bridgehead atoms. The van der Waals surface area contributed by atoms with E-state index in [1.165, 1.54) is 0 Å². The first-order valence-electron chi connectivity index (χ1n) is 4.89. The van der Waals surface area contributed by atoms with Gasteiger partial charge in [0, 0.05) is 13.1 Å². The van der Waals surface area contributed by atoms with Crippen molar-refractivity contribution in [2.75, 3.05) is 13.6 Å². The van der Waals surface area contributed by atoms with E-state index in [1.54, 1.807) is 6.07 Å². The molecule has 86 valence electrons. The Hall–Kier alpha value is -0.280. The van der Waals surface area contributed by atoms with Crippen molar-refractivity contribution in [2.24, 2.45) is 0 Å². The Morgan fingerprint density at radius 1 is 1.44 bits per heavy atom. The van der Waals surface area contributed by atoms with Gasteiger partial charge in [-0.15, -0.1) is 0 Å². The smallest absolute Gasteiger partial charge is 0.255 e. The highest BCUT2D eigenvalue weighted by atomic mass is 35.5. The molecule has 5 heteroatoms. The molecule has 0 fully saturated rings. The average molecular weight is 279 g/mol. The Balaban J connectivity index is 2.59. The van der Waals surface area contributed by atoms with E-state index in [0.29, 0.717) is 10.0 Å². The predicted molar refractivity (Wildman–Crippen MR) is 66.7 cm³/mol. The Morgan fingerprint density at radius 2 is 2.12 bits per heavy atom. The van der Waals surface area contributed by atoms with Gasteiger partial charge in [-0.1, -0.05) is 23.2 Å². The fourth-order valence-electron chi connectivity index (χ4n) is 1.97. The number of fused-ring (bicyclic) bond motifs is 1. The van der Waals surface area contributed by atoms with E-state index in [0.717, 1.165) is 30.6 Å². The van der Waals surface area contributed by atoms with Crippen LogP contribution in [0.15, 0.2) is 6.07 Å². The number of halogens is 3. The maximum atomic E-state index is 11.2. The third-order valence-corrected chi connectivity index (χ3v) is 3.70. The molecule has 2 rings (SSSR count). The highest BCUT2D eigenvalue weighted by Crippen LogP contribution is 2.34. The van der Waals surface area contributed by atoms with E-state index in [2.05, 4.69) is 4.90 Å². The van der Waals surface area contributed by atoms with Gasteiger partial charge in [-0.3, -0.25) is 4.79 Å². The topological polar surface area (TPSA) is 20.3 Å². The summed E-state index contributed by atoms with van der Waals surface area (Å²) >= 11 is 17.6. The van der Waals surface area contributed by atoms with Gasteiger partial charge in [0.2, 0.25) is 0 Å². The zero-order valence-corrected chi connectivity index (χ0v) is 11.0. The Morgan fingerprint density at radius 3 is 2.75 bits per heavy atom. The van der Waals surface area contributed by atoms with Crippen LogP contribution in [0, 0.1) is 0 Å². The molecule has 0 N–H and O–H groups in total. The van der Waals surface area contributed by atoms with E-state index in [-0.39, 0.29) is 5.56 Å². The molecular formula is C11H10Cl3NO. The van der Waals surface area contributed by atoms with Gasteiger partial charge in [-0.2, -0.15) is 0 Å². The molecular weight excluding hydrogens is 268 g/mol. The van der Waals surface area contributed by atoms with Crippen LogP contribution in [0.3, 0.4) is 0 Å². The van der Waals surface area contributed by atoms with Crippen molar-refractivity contribution in [3.63, 3.8) is 0 Å². The maximum Gasteiger partial charge on any atom is 0.255 e. The van der Waals surface area contributed by atoms with Crippen molar-refractivity contribution in [2.45, 2.75) is 13.0 Å². The summed E-state index contributed by atoms with van der Waals surface area (Å²) in [6, 6.07) is 1.79. The molecule has 1 aromatic rings. The molecule has 16 heavy (non-hydrogen) atoms. The maximum absolute atomic E-state index is 11.2. The molecule has 2 nitrogen and oxygen atoms in total. The average Bonchev–Trinajstić information content (AvgIpc) is 2.15. The van der Waals surface area contributed by atoms with Crippen LogP contribution >= 0.6 is 34.8 Å². The standard InChI is InChI=1S/C11H10Cl3NO/c1-15-3-2-7-6(5-15)4-8(12)9(10(7)13)11(14)16/h4H,2-3,5H2,1H3. The second-order valence-corrected chi connectivity index (χ2v) is 5.07. The molecule has 1 aliphatic rings. The van der Waals surface area contributed by atoms with Crippen LogP contribution in [-0.2, 0) is 13.0 Å². The molecule has 0 spiro atoms. The van der Waals surface area contributed by atoms with Crippen molar-refractivity contribution in [3.05, 3.63) is 32.8 Å². The van der Waals surface area contributed by atoms with Crippen LogP contribution in [-0.4, -0.2) is 23.7 Å². The van der Waals surface area contributed by atoms with Crippen LogP contribution in [0.1, 0.15) is 21.5 Å². The quantitative estimate of drug-likeness (QED) is 0.734. The summed E-state index contributed by atoms with van der Waals surface area (Å²) in [5.74, 6) is 0. The molecule has 1 aromatic carbocycles. The highest BCUT2D eigenvalue weighted by Gasteiger charge is 2.23. The fraction of sp³-hybridized carbons (Fsp3) is 0.364. The monoisotopic (exact) mass is 277 g/mol. The zero-order chi connectivity index (χ0) is 11.9. The minimum absolute atomic E-state index is 0.230. The van der Waals surface area contributed by atoms with Crippen LogP contribution in [0.25, 0.3) is 0 Å². The number of nitrogens with zero attached hydrogens (tertiary/aromatic N) is 1. The summed E-state index contributed by atoms with van der Waals surface area (Å²) in [5.41, 5.74) is 2.30. The van der Waals surface area contributed by atoms with Gasteiger partial charge >= 0.3 is 0 Å². The number of likely N-dealkylation sites (N-methyl/N-ethyl adjacent to an activating group) is 1. The summed E-state index contributed by atoms with van der Waals surface area (Å²) in [7, 11) is 2.03. The van der Waals surface area contributed by atoms with Crippen LogP contribution < -0.4 is 0 Å². The normalized spacial score (nSPS) is 16.0. The third kappa shape index (κ3) is 2.07. The first-order valence-corrected chi connectivity index (χ1v) is 6.02. The highest BCUT2D eigenvalue weighted by molar-refractivity contribution is 6.70. The van der Waals surface area contributed by atoms with Gasteiger partial charge in [0.1, 0.15) is 0 Å². The largest absolute Gasteiger partial charge is 0.302 e. The predicted octanol–water partition coefficient (Wildman–Crippen LogP) is 3.36. The minimum atomic E-state index is -0.600. The molecule has 0 radical (unpaired) electrons. The molecule has 0 saturated carbocycles. The fourth-order valence-corrected chi connectivity index (χ4v) is 3.03. The minimum Gasteiger partial charge on any atom is -0.302 e. The Labute approximate surface area is 109 Å². The first-order chi connectivity index (χ1) is 7.50. The molecule has 0 amide bonds. The lowest BCUT2D eigenvalue weighted by atomic mass is 9.97. The second kappa shape index (κ2) is 4.53. The summed E-state index contributed by atoms with van der Waals surface area (Å²) < 4.78 is 0. The summed E-state index contributed by atoms with van der Waals surface area (Å²) in [5, 5.41) is 0.145. The lowest BCUT2D eigenvalue weighted by molar-refractivity contribution is 0.108. The zero-order valence-electron chi connectivity index (χ0n) is 8.69. The first kappa shape index (κ1) is 12.2. The summed E-state index contributed by atoms with van der Waals surface area (Å²) in [6.07, 6.45) is 0.818. The number of rotatable bonds is 1. The Bertz CT molecular complexity index is 459. The second-order valence-electron chi connectivity index (χ2n) is 3.95. The lowest BCUT2D eigenvalue weighted by Gasteiger charge is -2.26.